The lowest BCUT2D eigenvalue weighted by Gasteiger charge is -2.19. The summed E-state index contributed by atoms with van der Waals surface area (Å²) in [6.45, 7) is 0.444. The Morgan fingerprint density at radius 2 is 1.48 bits per heavy atom. The number of carbonyl (C=O) groups excluding carboxylic acids is 2. The van der Waals surface area contributed by atoms with E-state index < -0.39 is 40.9 Å². The van der Waals surface area contributed by atoms with E-state index in [-0.39, 0.29) is 30.5 Å². The summed E-state index contributed by atoms with van der Waals surface area (Å²) >= 11 is 0. The highest BCUT2D eigenvalue weighted by Crippen LogP contribution is 2.36. The first-order valence-electron chi connectivity index (χ1n) is 9.43. The number of alkyl halides is 6. The summed E-state index contributed by atoms with van der Waals surface area (Å²) in [6, 6.07) is 4.72. The number of halogens is 6. The average Bonchev–Trinajstić information content (AvgIpc) is 2.72. The molecule has 2 aromatic rings. The maximum Gasteiger partial charge on any atom is 0.416 e. The highest BCUT2D eigenvalue weighted by atomic mass is 19.4. The molecule has 0 aliphatic rings. The second-order valence-electron chi connectivity index (χ2n) is 7.12. The van der Waals surface area contributed by atoms with Crippen molar-refractivity contribution >= 4 is 23.2 Å². The van der Waals surface area contributed by atoms with Crippen LogP contribution in [0.15, 0.2) is 36.4 Å². The minimum atomic E-state index is -5.09. The van der Waals surface area contributed by atoms with Gasteiger partial charge in [0, 0.05) is 44.7 Å². The standard InChI is InChI=1S/C21H21F6N3O3/c1-30(2)17-5-4-15(11-16(17)19(32)28-6-7-33-3)29-18(31)12-8-13(20(22,23)24)10-14(9-12)21(25,26)27/h4-5,8-11H,6-7H2,1-3H3,(H,28,32)(H,29,31). The molecular weight excluding hydrogens is 456 g/mol. The van der Waals surface area contributed by atoms with Gasteiger partial charge in [0.1, 0.15) is 0 Å². The van der Waals surface area contributed by atoms with Gasteiger partial charge in [-0.2, -0.15) is 26.3 Å². The molecule has 0 aliphatic carbocycles. The predicted molar refractivity (Wildman–Crippen MR) is 109 cm³/mol. The zero-order valence-corrected chi connectivity index (χ0v) is 17.8. The number of hydrogen-bond donors (Lipinski definition) is 2. The smallest absolute Gasteiger partial charge is 0.383 e. The van der Waals surface area contributed by atoms with E-state index in [1.54, 1.807) is 19.0 Å². The van der Waals surface area contributed by atoms with Gasteiger partial charge in [-0.25, -0.2) is 0 Å². The van der Waals surface area contributed by atoms with E-state index in [0.717, 1.165) is 0 Å². The van der Waals surface area contributed by atoms with Gasteiger partial charge in [-0.1, -0.05) is 0 Å². The Kier molecular flexibility index (Phi) is 7.96. The van der Waals surface area contributed by atoms with E-state index in [1.807, 2.05) is 0 Å². The Bertz CT molecular complexity index is 987. The molecule has 2 N–H and O–H groups in total. The molecule has 0 spiro atoms. The van der Waals surface area contributed by atoms with Crippen molar-refractivity contribution in [3.05, 3.63) is 58.7 Å². The minimum Gasteiger partial charge on any atom is -0.383 e. The van der Waals surface area contributed by atoms with Gasteiger partial charge in [0.15, 0.2) is 0 Å². The molecule has 0 atom stereocenters. The van der Waals surface area contributed by atoms with Gasteiger partial charge in [0.05, 0.1) is 23.3 Å². The van der Waals surface area contributed by atoms with Crippen LogP contribution < -0.4 is 15.5 Å². The fourth-order valence-corrected chi connectivity index (χ4v) is 2.84. The fourth-order valence-electron chi connectivity index (χ4n) is 2.84. The molecule has 0 aliphatic heterocycles. The molecule has 2 amide bonds. The Hall–Kier alpha value is -3.28. The maximum absolute atomic E-state index is 13.1. The summed E-state index contributed by atoms with van der Waals surface area (Å²) in [4.78, 5) is 26.6. The summed E-state index contributed by atoms with van der Waals surface area (Å²) in [5.74, 6) is -1.71. The van der Waals surface area contributed by atoms with Crippen LogP contribution >= 0.6 is 0 Å². The molecule has 0 unspecified atom stereocenters. The topological polar surface area (TPSA) is 70.7 Å². The van der Waals surface area contributed by atoms with Gasteiger partial charge in [-0.3, -0.25) is 9.59 Å². The Morgan fingerprint density at radius 3 is 1.97 bits per heavy atom. The second kappa shape index (κ2) is 10.1. The molecule has 0 heterocycles. The first kappa shape index (κ1) is 26.0. The number of anilines is 2. The van der Waals surface area contributed by atoms with Crippen LogP contribution in [0.2, 0.25) is 0 Å². The Balaban J connectivity index is 2.40. The third-order valence-electron chi connectivity index (χ3n) is 4.42. The molecule has 0 saturated heterocycles. The van der Waals surface area contributed by atoms with E-state index in [2.05, 4.69) is 10.6 Å². The van der Waals surface area contributed by atoms with E-state index in [1.165, 1.54) is 25.3 Å². The van der Waals surface area contributed by atoms with Crippen molar-refractivity contribution in [2.24, 2.45) is 0 Å². The lowest BCUT2D eigenvalue weighted by atomic mass is 10.0. The normalized spacial score (nSPS) is 11.8. The van der Waals surface area contributed by atoms with Crippen LogP contribution in [0.3, 0.4) is 0 Å². The zero-order valence-electron chi connectivity index (χ0n) is 17.8. The number of benzene rings is 2. The van der Waals surface area contributed by atoms with Crippen LogP contribution in [0.4, 0.5) is 37.7 Å². The highest BCUT2D eigenvalue weighted by Gasteiger charge is 2.37. The molecule has 180 valence electrons. The number of carbonyl (C=O) groups is 2. The molecule has 2 aromatic carbocycles. The molecule has 6 nitrogen and oxygen atoms in total. The third-order valence-corrected chi connectivity index (χ3v) is 4.42. The molecular formula is C21H21F6N3O3. The summed E-state index contributed by atoms with van der Waals surface area (Å²) < 4.78 is 83.2. The van der Waals surface area contributed by atoms with Crippen LogP contribution in [0.5, 0.6) is 0 Å². The van der Waals surface area contributed by atoms with Crippen LogP contribution in [-0.4, -0.2) is 46.2 Å². The number of nitrogens with one attached hydrogen (secondary N) is 2. The number of nitrogens with zero attached hydrogens (tertiary/aromatic N) is 1. The van der Waals surface area contributed by atoms with Crippen molar-refractivity contribution in [1.29, 1.82) is 0 Å². The summed E-state index contributed by atoms with van der Waals surface area (Å²) in [6.07, 6.45) is -10.2. The lowest BCUT2D eigenvalue weighted by Crippen LogP contribution is -2.28. The van der Waals surface area contributed by atoms with E-state index in [9.17, 15) is 35.9 Å². The molecule has 2 rings (SSSR count). The number of ether oxygens (including phenoxy) is 1. The Labute approximate surface area is 185 Å². The van der Waals surface area contributed by atoms with Gasteiger partial charge in [0.25, 0.3) is 11.8 Å². The highest BCUT2D eigenvalue weighted by molar-refractivity contribution is 6.06. The zero-order chi connectivity index (χ0) is 25.0. The lowest BCUT2D eigenvalue weighted by molar-refractivity contribution is -0.143. The van der Waals surface area contributed by atoms with Crippen molar-refractivity contribution in [2.45, 2.75) is 12.4 Å². The van der Waals surface area contributed by atoms with Gasteiger partial charge in [-0.15, -0.1) is 0 Å². The second-order valence-corrected chi connectivity index (χ2v) is 7.12. The molecule has 0 fully saturated rings. The molecule has 0 aromatic heterocycles. The number of methoxy groups -OCH3 is 1. The average molecular weight is 477 g/mol. The summed E-state index contributed by atoms with van der Waals surface area (Å²) in [5, 5.41) is 4.85. The molecule has 0 saturated carbocycles. The number of rotatable bonds is 7. The van der Waals surface area contributed by atoms with Crippen LogP contribution in [0.1, 0.15) is 31.8 Å². The van der Waals surface area contributed by atoms with Crippen LogP contribution in [0, 0.1) is 0 Å². The Morgan fingerprint density at radius 1 is 0.909 bits per heavy atom. The predicted octanol–water partition coefficient (Wildman–Crippen LogP) is 4.42. The monoisotopic (exact) mass is 477 g/mol. The van der Waals surface area contributed by atoms with Crippen molar-refractivity contribution in [3.63, 3.8) is 0 Å². The van der Waals surface area contributed by atoms with Gasteiger partial charge in [0.2, 0.25) is 0 Å². The largest absolute Gasteiger partial charge is 0.416 e. The van der Waals surface area contributed by atoms with Crippen LogP contribution in [0.25, 0.3) is 0 Å². The quantitative estimate of drug-likeness (QED) is 0.458. The summed E-state index contributed by atoms with van der Waals surface area (Å²) in [5.41, 5.74) is -3.43. The third kappa shape index (κ3) is 6.85. The van der Waals surface area contributed by atoms with E-state index in [0.29, 0.717) is 17.8 Å². The van der Waals surface area contributed by atoms with Crippen LogP contribution in [-0.2, 0) is 17.1 Å². The number of hydrogen-bond acceptors (Lipinski definition) is 4. The van der Waals surface area contributed by atoms with E-state index in [4.69, 9.17) is 4.74 Å². The van der Waals surface area contributed by atoms with Gasteiger partial charge in [-0.05, 0) is 36.4 Å². The fraction of sp³-hybridized carbons (Fsp3) is 0.333. The van der Waals surface area contributed by atoms with Crippen molar-refractivity contribution in [3.8, 4) is 0 Å². The first-order chi connectivity index (χ1) is 15.2. The SMILES string of the molecule is COCCNC(=O)c1cc(NC(=O)c2cc(C(F)(F)F)cc(C(F)(F)F)c2)ccc1N(C)C. The molecule has 0 radical (unpaired) electrons. The number of amides is 2. The van der Waals surface area contributed by atoms with Crippen molar-refractivity contribution in [2.75, 3.05) is 44.6 Å². The maximum atomic E-state index is 13.1. The van der Waals surface area contributed by atoms with E-state index >= 15 is 0 Å². The molecule has 0 bridgehead atoms. The summed E-state index contributed by atoms with van der Waals surface area (Å²) in [7, 11) is 4.78. The first-order valence-corrected chi connectivity index (χ1v) is 9.43. The van der Waals surface area contributed by atoms with Gasteiger partial charge < -0.3 is 20.3 Å². The molecule has 12 heteroatoms. The minimum absolute atomic E-state index is 0.00784. The van der Waals surface area contributed by atoms with Crippen molar-refractivity contribution < 1.29 is 40.7 Å². The molecule has 33 heavy (non-hydrogen) atoms. The van der Waals surface area contributed by atoms with Crippen molar-refractivity contribution in [1.82, 2.24) is 5.32 Å². The van der Waals surface area contributed by atoms with Gasteiger partial charge >= 0.3 is 12.4 Å².